The lowest BCUT2D eigenvalue weighted by atomic mass is 10.00. The summed E-state index contributed by atoms with van der Waals surface area (Å²) in [5, 5.41) is 25.0. The summed E-state index contributed by atoms with van der Waals surface area (Å²) in [6.45, 7) is 5.67. The van der Waals surface area contributed by atoms with Gasteiger partial charge in [0.25, 0.3) is 5.91 Å². The molecule has 118 valence electrons. The van der Waals surface area contributed by atoms with Crippen LogP contribution in [0.1, 0.15) is 36.3 Å². The van der Waals surface area contributed by atoms with E-state index in [-0.39, 0.29) is 12.5 Å². The van der Waals surface area contributed by atoms with E-state index in [1.165, 1.54) is 6.20 Å². The van der Waals surface area contributed by atoms with Crippen molar-refractivity contribution in [2.75, 3.05) is 13.1 Å². The van der Waals surface area contributed by atoms with E-state index >= 15 is 0 Å². The topological polar surface area (TPSA) is 99.9 Å². The standard InChI is InChI=1S/C14H20N6O2/c1-10(2)7-20-8-11(5-16-20)13(21)19-4-3-14(22,9-19)12-6-15-18-17-12/h5-6,8,10,22H,3-4,7,9H2,1-2H3,(H,15,17,18)/t14-/m1/s1. The fourth-order valence-electron chi connectivity index (χ4n) is 2.73. The van der Waals surface area contributed by atoms with Gasteiger partial charge < -0.3 is 10.0 Å². The Balaban J connectivity index is 1.70. The van der Waals surface area contributed by atoms with Crippen LogP contribution in [0.25, 0.3) is 0 Å². The van der Waals surface area contributed by atoms with E-state index < -0.39 is 5.60 Å². The number of nitrogens with one attached hydrogen (secondary N) is 1. The molecule has 1 atom stereocenters. The molecule has 3 heterocycles. The minimum atomic E-state index is -1.13. The van der Waals surface area contributed by atoms with Crippen molar-refractivity contribution in [1.82, 2.24) is 30.1 Å². The third-order valence-corrected chi connectivity index (χ3v) is 3.86. The lowest BCUT2D eigenvalue weighted by molar-refractivity contribution is 0.0382. The minimum Gasteiger partial charge on any atom is -0.381 e. The SMILES string of the molecule is CC(C)Cn1cc(C(=O)N2CC[C@](O)(c3cn[nH]n3)C2)cn1. The van der Waals surface area contributed by atoms with Crippen molar-refractivity contribution in [2.45, 2.75) is 32.4 Å². The highest BCUT2D eigenvalue weighted by atomic mass is 16.3. The third kappa shape index (κ3) is 2.74. The summed E-state index contributed by atoms with van der Waals surface area (Å²) in [4.78, 5) is 14.2. The number of nitrogens with zero attached hydrogens (tertiary/aromatic N) is 5. The Hall–Kier alpha value is -2.22. The first kappa shape index (κ1) is 14.7. The van der Waals surface area contributed by atoms with Crippen LogP contribution in [-0.4, -0.2) is 54.2 Å². The number of likely N-dealkylation sites (tertiary alicyclic amines) is 1. The van der Waals surface area contributed by atoms with Crippen LogP contribution < -0.4 is 0 Å². The van der Waals surface area contributed by atoms with Gasteiger partial charge in [-0.3, -0.25) is 9.48 Å². The molecule has 0 aliphatic carbocycles. The van der Waals surface area contributed by atoms with Crippen LogP contribution in [-0.2, 0) is 12.1 Å². The molecule has 1 aliphatic heterocycles. The lowest BCUT2D eigenvalue weighted by Crippen LogP contribution is -2.34. The van der Waals surface area contributed by atoms with Gasteiger partial charge in [0.15, 0.2) is 0 Å². The van der Waals surface area contributed by atoms with Gasteiger partial charge in [-0.25, -0.2) is 0 Å². The normalized spacial score (nSPS) is 21.7. The molecule has 0 spiro atoms. The average molecular weight is 304 g/mol. The van der Waals surface area contributed by atoms with Crippen LogP contribution in [0, 0.1) is 5.92 Å². The molecule has 0 saturated carbocycles. The largest absolute Gasteiger partial charge is 0.381 e. The molecule has 0 radical (unpaired) electrons. The molecule has 2 aromatic rings. The molecule has 22 heavy (non-hydrogen) atoms. The van der Waals surface area contributed by atoms with E-state index in [9.17, 15) is 9.90 Å². The molecule has 1 fully saturated rings. The van der Waals surface area contributed by atoms with Crippen molar-refractivity contribution < 1.29 is 9.90 Å². The van der Waals surface area contributed by atoms with Gasteiger partial charge in [-0.15, -0.1) is 0 Å². The van der Waals surface area contributed by atoms with Gasteiger partial charge in [0, 0.05) is 25.7 Å². The van der Waals surface area contributed by atoms with Crippen molar-refractivity contribution in [3.8, 4) is 0 Å². The zero-order valence-corrected chi connectivity index (χ0v) is 12.7. The zero-order chi connectivity index (χ0) is 15.7. The van der Waals surface area contributed by atoms with Crippen LogP contribution in [0.15, 0.2) is 18.6 Å². The molecule has 1 aliphatic rings. The number of H-pyrrole nitrogens is 1. The number of carbonyl (C=O) groups excluding carboxylic acids is 1. The van der Waals surface area contributed by atoms with Crippen molar-refractivity contribution in [2.24, 2.45) is 5.92 Å². The fraction of sp³-hybridized carbons (Fsp3) is 0.571. The van der Waals surface area contributed by atoms with E-state index in [0.717, 1.165) is 6.54 Å². The third-order valence-electron chi connectivity index (χ3n) is 3.86. The number of aromatic nitrogens is 5. The maximum absolute atomic E-state index is 12.5. The second-order valence-electron chi connectivity index (χ2n) is 6.21. The van der Waals surface area contributed by atoms with E-state index in [0.29, 0.717) is 30.1 Å². The van der Waals surface area contributed by atoms with Crippen LogP contribution in [0.3, 0.4) is 0 Å². The van der Waals surface area contributed by atoms with Gasteiger partial charge in [0.2, 0.25) is 0 Å². The summed E-state index contributed by atoms with van der Waals surface area (Å²) in [7, 11) is 0. The highest BCUT2D eigenvalue weighted by molar-refractivity contribution is 5.94. The predicted molar refractivity (Wildman–Crippen MR) is 77.9 cm³/mol. The molecule has 1 amide bonds. The summed E-state index contributed by atoms with van der Waals surface area (Å²) in [6, 6.07) is 0. The molecule has 0 unspecified atom stereocenters. The number of aliphatic hydroxyl groups is 1. The van der Waals surface area contributed by atoms with Crippen molar-refractivity contribution in [1.29, 1.82) is 0 Å². The second kappa shape index (κ2) is 5.53. The Morgan fingerprint density at radius 3 is 3.00 bits per heavy atom. The second-order valence-corrected chi connectivity index (χ2v) is 6.21. The maximum Gasteiger partial charge on any atom is 0.257 e. The maximum atomic E-state index is 12.5. The predicted octanol–water partition coefficient (Wildman–Crippen LogP) is 0.391. The summed E-state index contributed by atoms with van der Waals surface area (Å²) in [5.41, 5.74) is -0.111. The Bertz CT molecular complexity index is 650. The average Bonchev–Trinajstić information content (AvgIpc) is 3.17. The monoisotopic (exact) mass is 304 g/mol. The highest BCUT2D eigenvalue weighted by Gasteiger charge is 2.41. The first-order chi connectivity index (χ1) is 10.5. The lowest BCUT2D eigenvalue weighted by Gasteiger charge is -2.20. The molecule has 0 aromatic carbocycles. The Morgan fingerprint density at radius 2 is 2.32 bits per heavy atom. The van der Waals surface area contributed by atoms with Gasteiger partial charge in [-0.05, 0) is 5.92 Å². The van der Waals surface area contributed by atoms with Gasteiger partial charge in [-0.2, -0.15) is 20.5 Å². The Morgan fingerprint density at radius 1 is 1.50 bits per heavy atom. The molecule has 0 bridgehead atoms. The van der Waals surface area contributed by atoms with Gasteiger partial charge >= 0.3 is 0 Å². The molecular formula is C14H20N6O2. The van der Waals surface area contributed by atoms with Crippen LogP contribution >= 0.6 is 0 Å². The molecule has 3 rings (SSSR count). The molecule has 8 nitrogen and oxygen atoms in total. The number of rotatable bonds is 4. The summed E-state index contributed by atoms with van der Waals surface area (Å²) >= 11 is 0. The molecule has 2 N–H and O–H groups in total. The molecule has 1 saturated heterocycles. The van der Waals surface area contributed by atoms with E-state index in [1.54, 1.807) is 22.0 Å². The molecular weight excluding hydrogens is 284 g/mol. The van der Waals surface area contributed by atoms with E-state index in [4.69, 9.17) is 0 Å². The fourth-order valence-corrected chi connectivity index (χ4v) is 2.73. The molecule has 2 aromatic heterocycles. The smallest absolute Gasteiger partial charge is 0.257 e. The number of amides is 1. The number of hydrogen-bond acceptors (Lipinski definition) is 5. The van der Waals surface area contributed by atoms with Gasteiger partial charge in [0.1, 0.15) is 11.3 Å². The van der Waals surface area contributed by atoms with Gasteiger partial charge in [0.05, 0.1) is 24.5 Å². The summed E-state index contributed by atoms with van der Waals surface area (Å²) in [6.07, 6.45) is 5.29. The summed E-state index contributed by atoms with van der Waals surface area (Å²) in [5.74, 6) is 0.348. The number of carbonyl (C=O) groups is 1. The highest BCUT2D eigenvalue weighted by Crippen LogP contribution is 2.30. The van der Waals surface area contributed by atoms with Crippen molar-refractivity contribution in [3.05, 3.63) is 29.8 Å². The van der Waals surface area contributed by atoms with Crippen molar-refractivity contribution in [3.63, 3.8) is 0 Å². The van der Waals surface area contributed by atoms with Crippen LogP contribution in [0.5, 0.6) is 0 Å². The molecule has 8 heteroatoms. The van der Waals surface area contributed by atoms with E-state index in [1.807, 2.05) is 0 Å². The van der Waals surface area contributed by atoms with Crippen molar-refractivity contribution >= 4 is 5.91 Å². The number of β-amino-alcohol motifs (C(OH)–C–C–N with tert-alkyl or cyclic N) is 1. The number of aromatic amines is 1. The minimum absolute atomic E-state index is 0.116. The quantitative estimate of drug-likeness (QED) is 0.851. The Kier molecular flexibility index (Phi) is 3.69. The number of hydrogen-bond donors (Lipinski definition) is 2. The Labute approximate surface area is 128 Å². The van der Waals surface area contributed by atoms with E-state index in [2.05, 4.69) is 34.4 Å². The first-order valence-corrected chi connectivity index (χ1v) is 7.38. The van der Waals surface area contributed by atoms with Crippen LogP contribution in [0.4, 0.5) is 0 Å². The van der Waals surface area contributed by atoms with Crippen LogP contribution in [0.2, 0.25) is 0 Å². The summed E-state index contributed by atoms with van der Waals surface area (Å²) < 4.78 is 1.78. The zero-order valence-electron chi connectivity index (χ0n) is 12.7. The first-order valence-electron chi connectivity index (χ1n) is 7.38. The van der Waals surface area contributed by atoms with Gasteiger partial charge in [-0.1, -0.05) is 13.8 Å².